The molecule has 2 N–H and O–H groups in total. The first-order valence-electron chi connectivity index (χ1n) is 10.6. The summed E-state index contributed by atoms with van der Waals surface area (Å²) in [5.41, 5.74) is 0.0347. The van der Waals surface area contributed by atoms with E-state index in [1.54, 1.807) is 31.2 Å². The van der Waals surface area contributed by atoms with Crippen LogP contribution < -0.4 is 29.6 Å². The van der Waals surface area contributed by atoms with Crippen LogP contribution in [0.25, 0.3) is 0 Å². The number of carbonyl (C=O) groups is 3. The van der Waals surface area contributed by atoms with Gasteiger partial charge in [0, 0.05) is 0 Å². The predicted molar refractivity (Wildman–Crippen MR) is 114 cm³/mol. The zero-order valence-corrected chi connectivity index (χ0v) is 18.2. The normalized spacial score (nSPS) is 21.6. The summed E-state index contributed by atoms with van der Waals surface area (Å²) < 4.78 is 21.8. The lowest BCUT2D eigenvalue weighted by molar-refractivity contribution is -0.135. The highest BCUT2D eigenvalue weighted by Crippen LogP contribution is 2.38. The van der Waals surface area contributed by atoms with Gasteiger partial charge in [0.2, 0.25) is 12.7 Å². The summed E-state index contributed by atoms with van der Waals surface area (Å²) in [7, 11) is 0. The Balaban J connectivity index is 1.27. The fraction of sp³-hybridized carbons (Fsp3) is 0.348. The van der Waals surface area contributed by atoms with Gasteiger partial charge >= 0.3 is 6.03 Å². The van der Waals surface area contributed by atoms with Crippen molar-refractivity contribution in [3.8, 4) is 23.0 Å². The molecule has 2 aromatic rings. The summed E-state index contributed by atoms with van der Waals surface area (Å²) in [5, 5.41) is 5.52. The van der Waals surface area contributed by atoms with Crippen LogP contribution in [0.5, 0.6) is 23.0 Å². The highest BCUT2D eigenvalue weighted by atomic mass is 16.7. The molecular formula is C23H23N3O7. The molecule has 10 nitrogen and oxygen atoms in total. The number of carbonyl (C=O) groups excluding carboxylic acids is 3. The molecule has 0 bridgehead atoms. The molecule has 5 rings (SSSR count). The van der Waals surface area contributed by atoms with Gasteiger partial charge in [-0.1, -0.05) is 12.1 Å². The van der Waals surface area contributed by atoms with Crippen LogP contribution in [0.3, 0.4) is 0 Å². The number of amides is 4. The quantitative estimate of drug-likeness (QED) is 0.664. The maximum Gasteiger partial charge on any atom is 0.325 e. The van der Waals surface area contributed by atoms with Crippen LogP contribution in [-0.4, -0.2) is 49.3 Å². The molecule has 4 amide bonds. The minimum Gasteiger partial charge on any atom is -0.486 e. The van der Waals surface area contributed by atoms with E-state index in [9.17, 15) is 14.4 Å². The number of nitrogens with zero attached hydrogens (tertiary/aromatic N) is 1. The number of urea groups is 1. The molecule has 2 atom stereocenters. The minimum absolute atomic E-state index is 0.101. The Hall–Kier alpha value is -3.95. The van der Waals surface area contributed by atoms with Crippen LogP contribution in [0.15, 0.2) is 36.4 Å². The number of hydrogen-bond donors (Lipinski definition) is 2. The summed E-state index contributed by atoms with van der Waals surface area (Å²) in [5.74, 6) is 1.37. The zero-order chi connectivity index (χ0) is 23.2. The molecule has 3 aliphatic rings. The van der Waals surface area contributed by atoms with Gasteiger partial charge in [-0.25, -0.2) is 4.79 Å². The molecule has 3 heterocycles. The van der Waals surface area contributed by atoms with E-state index in [-0.39, 0.29) is 12.8 Å². The second-order valence-electron chi connectivity index (χ2n) is 8.21. The lowest BCUT2D eigenvalue weighted by atomic mass is 9.91. The monoisotopic (exact) mass is 453 g/mol. The number of imide groups is 1. The summed E-state index contributed by atoms with van der Waals surface area (Å²) in [6.07, 6.45) is 0. The van der Waals surface area contributed by atoms with Crippen molar-refractivity contribution in [3.05, 3.63) is 47.5 Å². The number of fused-ring (bicyclic) bond motifs is 2. The van der Waals surface area contributed by atoms with Gasteiger partial charge in [0.15, 0.2) is 23.0 Å². The average molecular weight is 453 g/mol. The fourth-order valence-corrected chi connectivity index (χ4v) is 4.09. The lowest BCUT2D eigenvalue weighted by Gasteiger charge is -2.23. The number of hydrogen-bond acceptors (Lipinski definition) is 7. The summed E-state index contributed by atoms with van der Waals surface area (Å²) >= 11 is 0. The van der Waals surface area contributed by atoms with Crippen molar-refractivity contribution >= 4 is 17.8 Å². The molecule has 3 aliphatic heterocycles. The highest BCUT2D eigenvalue weighted by Gasteiger charge is 2.50. The third kappa shape index (κ3) is 3.67. The molecule has 0 aliphatic carbocycles. The van der Waals surface area contributed by atoms with Gasteiger partial charge in [0.05, 0.1) is 6.04 Å². The number of ether oxygens (including phenoxy) is 4. The molecule has 0 spiro atoms. The van der Waals surface area contributed by atoms with Gasteiger partial charge in [-0.3, -0.25) is 14.5 Å². The van der Waals surface area contributed by atoms with Crippen molar-refractivity contribution in [3.63, 3.8) is 0 Å². The van der Waals surface area contributed by atoms with Gasteiger partial charge in [-0.2, -0.15) is 0 Å². The Morgan fingerprint density at radius 3 is 2.52 bits per heavy atom. The molecular weight excluding hydrogens is 430 g/mol. The predicted octanol–water partition coefficient (Wildman–Crippen LogP) is 1.83. The smallest absolute Gasteiger partial charge is 0.325 e. The molecule has 0 aromatic heterocycles. The van der Waals surface area contributed by atoms with Gasteiger partial charge < -0.3 is 29.6 Å². The van der Waals surface area contributed by atoms with E-state index in [4.69, 9.17) is 18.9 Å². The first kappa shape index (κ1) is 20.9. The molecule has 172 valence electrons. The second-order valence-corrected chi connectivity index (χ2v) is 8.21. The molecule has 1 saturated heterocycles. The molecule has 2 unspecified atom stereocenters. The average Bonchev–Trinajstić information content (AvgIpc) is 3.37. The summed E-state index contributed by atoms with van der Waals surface area (Å²) in [4.78, 5) is 39.3. The molecule has 10 heteroatoms. The Labute approximate surface area is 189 Å². The van der Waals surface area contributed by atoms with Gasteiger partial charge in [-0.05, 0) is 49.2 Å². The Morgan fingerprint density at radius 2 is 1.70 bits per heavy atom. The van der Waals surface area contributed by atoms with E-state index in [1.807, 2.05) is 19.1 Å². The molecule has 1 fully saturated rings. The first-order valence-corrected chi connectivity index (χ1v) is 10.6. The summed E-state index contributed by atoms with van der Waals surface area (Å²) in [6.45, 7) is 4.07. The third-order valence-electron chi connectivity index (χ3n) is 5.97. The Kier molecular flexibility index (Phi) is 4.99. The van der Waals surface area contributed by atoms with Gasteiger partial charge in [0.25, 0.3) is 5.91 Å². The molecule has 2 aromatic carbocycles. The Morgan fingerprint density at radius 1 is 1.03 bits per heavy atom. The van der Waals surface area contributed by atoms with Crippen LogP contribution in [0.2, 0.25) is 0 Å². The van der Waals surface area contributed by atoms with E-state index in [2.05, 4.69) is 10.6 Å². The van der Waals surface area contributed by atoms with Crippen molar-refractivity contribution in [2.75, 3.05) is 26.6 Å². The van der Waals surface area contributed by atoms with Crippen LogP contribution in [0.1, 0.15) is 31.0 Å². The topological polar surface area (TPSA) is 115 Å². The maximum absolute atomic E-state index is 13.2. The van der Waals surface area contributed by atoms with E-state index < -0.39 is 29.9 Å². The molecule has 0 radical (unpaired) electrons. The van der Waals surface area contributed by atoms with Crippen molar-refractivity contribution < 1.29 is 33.3 Å². The zero-order valence-electron chi connectivity index (χ0n) is 18.2. The minimum atomic E-state index is -1.32. The van der Waals surface area contributed by atoms with Gasteiger partial charge in [-0.15, -0.1) is 0 Å². The Bertz CT molecular complexity index is 1150. The van der Waals surface area contributed by atoms with E-state index in [0.717, 1.165) is 10.5 Å². The van der Waals surface area contributed by atoms with Crippen molar-refractivity contribution in [2.24, 2.45) is 0 Å². The standard InChI is InChI=1S/C23H23N3O7/c1-13(14-3-5-16-18(9-14)31-8-7-30-16)24-20(27)11-26-21(28)23(2,25-22(26)29)15-4-6-17-19(10-15)33-12-32-17/h3-6,9-10,13H,7-8,11-12H2,1-2H3,(H,24,27)(H,25,29). The lowest BCUT2D eigenvalue weighted by Crippen LogP contribution is -2.43. The van der Waals surface area contributed by atoms with Crippen LogP contribution >= 0.6 is 0 Å². The van der Waals surface area contributed by atoms with Crippen molar-refractivity contribution in [2.45, 2.75) is 25.4 Å². The fourth-order valence-electron chi connectivity index (χ4n) is 4.09. The van der Waals surface area contributed by atoms with Crippen molar-refractivity contribution in [1.29, 1.82) is 0 Å². The number of nitrogens with one attached hydrogen (secondary N) is 2. The van der Waals surface area contributed by atoms with Crippen LogP contribution in [0, 0.1) is 0 Å². The molecule has 33 heavy (non-hydrogen) atoms. The third-order valence-corrected chi connectivity index (χ3v) is 5.97. The van der Waals surface area contributed by atoms with E-state index in [1.165, 1.54) is 0 Å². The van der Waals surface area contributed by atoms with Crippen molar-refractivity contribution in [1.82, 2.24) is 15.5 Å². The van der Waals surface area contributed by atoms with Crippen LogP contribution in [-0.2, 0) is 15.1 Å². The summed E-state index contributed by atoms with van der Waals surface area (Å²) in [6, 6.07) is 9.48. The van der Waals surface area contributed by atoms with Crippen LogP contribution in [0.4, 0.5) is 4.79 Å². The van der Waals surface area contributed by atoms with E-state index >= 15 is 0 Å². The number of rotatable bonds is 5. The second kappa shape index (κ2) is 7.88. The highest BCUT2D eigenvalue weighted by molar-refractivity contribution is 6.09. The SMILES string of the molecule is CC(NC(=O)CN1C(=O)NC(C)(c2ccc3c(c2)OCO3)C1=O)c1ccc2c(c1)OCCO2. The van der Waals surface area contributed by atoms with Gasteiger partial charge in [0.1, 0.15) is 25.3 Å². The first-order chi connectivity index (χ1) is 15.8. The maximum atomic E-state index is 13.2. The van der Waals surface area contributed by atoms with E-state index in [0.29, 0.717) is 41.8 Å². The number of benzene rings is 2. The largest absolute Gasteiger partial charge is 0.486 e. The molecule has 0 saturated carbocycles.